The van der Waals surface area contributed by atoms with Crippen LogP contribution in [0.2, 0.25) is 0 Å². The maximum absolute atomic E-state index is 11.9. The number of carbonyl (C=O) groups is 2. The number of nitrogens with one attached hydrogen (secondary N) is 1. The highest BCUT2D eigenvalue weighted by molar-refractivity contribution is 5.77. The van der Waals surface area contributed by atoms with Gasteiger partial charge in [0.25, 0.3) is 0 Å². The van der Waals surface area contributed by atoms with E-state index in [0.717, 1.165) is 6.42 Å². The Balaban J connectivity index is 4.39. The fourth-order valence-electron chi connectivity index (χ4n) is 1.91. The second-order valence-electron chi connectivity index (χ2n) is 7.69. The van der Waals surface area contributed by atoms with E-state index in [1.807, 2.05) is 20.8 Å². The Morgan fingerprint density at radius 2 is 1.58 bits per heavy atom. The van der Waals surface area contributed by atoms with Gasteiger partial charge in [0.15, 0.2) is 0 Å². The van der Waals surface area contributed by atoms with Gasteiger partial charge < -0.3 is 10.4 Å². The molecule has 19 heavy (non-hydrogen) atoms. The first-order chi connectivity index (χ1) is 8.39. The molecule has 0 aromatic rings. The van der Waals surface area contributed by atoms with Crippen molar-refractivity contribution in [3.8, 4) is 0 Å². The first kappa shape index (κ1) is 17.9. The van der Waals surface area contributed by atoms with E-state index in [9.17, 15) is 9.59 Å². The average Bonchev–Trinajstić information content (AvgIpc) is 2.09. The third kappa shape index (κ3) is 11.7. The van der Waals surface area contributed by atoms with E-state index < -0.39 is 5.97 Å². The van der Waals surface area contributed by atoms with Crippen LogP contribution in [0.1, 0.15) is 67.2 Å². The number of amides is 1. The lowest BCUT2D eigenvalue weighted by molar-refractivity contribution is -0.137. The second kappa shape index (κ2) is 6.92. The van der Waals surface area contributed by atoms with Crippen molar-refractivity contribution in [3.05, 3.63) is 0 Å². The zero-order valence-electron chi connectivity index (χ0n) is 13.2. The molecule has 0 aliphatic rings. The van der Waals surface area contributed by atoms with Crippen LogP contribution in [0, 0.1) is 10.8 Å². The number of hydrogen-bond acceptors (Lipinski definition) is 2. The Morgan fingerprint density at radius 1 is 1.05 bits per heavy atom. The van der Waals surface area contributed by atoms with Crippen LogP contribution in [0.4, 0.5) is 0 Å². The fraction of sp³-hybridized carbons (Fsp3) is 0.867. The standard InChI is InChI=1S/C15H29NO3/c1-14(2,3)8-7-12(17)16-11(9-13(18)19)10-15(4,5)6/h11H,7-10H2,1-6H3,(H,16,17)(H,18,19). The number of aliphatic carboxylic acids is 1. The van der Waals surface area contributed by atoms with Crippen molar-refractivity contribution in [1.82, 2.24) is 5.32 Å². The molecule has 4 nitrogen and oxygen atoms in total. The second-order valence-corrected chi connectivity index (χ2v) is 7.69. The predicted octanol–water partition coefficient (Wildman–Crippen LogP) is 3.21. The van der Waals surface area contributed by atoms with E-state index in [4.69, 9.17) is 5.11 Å². The molecule has 4 heteroatoms. The summed E-state index contributed by atoms with van der Waals surface area (Å²) in [6.45, 7) is 12.4. The van der Waals surface area contributed by atoms with Gasteiger partial charge in [-0.05, 0) is 23.7 Å². The summed E-state index contributed by atoms with van der Waals surface area (Å²) in [6.07, 6.45) is 1.90. The van der Waals surface area contributed by atoms with Gasteiger partial charge in [-0.2, -0.15) is 0 Å². The normalized spacial score (nSPS) is 14.0. The molecule has 1 unspecified atom stereocenters. The van der Waals surface area contributed by atoms with Crippen LogP contribution in [-0.4, -0.2) is 23.0 Å². The maximum atomic E-state index is 11.9. The monoisotopic (exact) mass is 271 g/mol. The highest BCUT2D eigenvalue weighted by Crippen LogP contribution is 2.23. The minimum absolute atomic E-state index is 0.00256. The van der Waals surface area contributed by atoms with E-state index in [-0.39, 0.29) is 29.2 Å². The van der Waals surface area contributed by atoms with Crippen molar-refractivity contribution in [2.24, 2.45) is 10.8 Å². The third-order valence-electron chi connectivity index (χ3n) is 2.75. The minimum Gasteiger partial charge on any atom is -0.481 e. The summed E-state index contributed by atoms with van der Waals surface area (Å²) in [5, 5.41) is 11.8. The Kier molecular flexibility index (Phi) is 6.53. The van der Waals surface area contributed by atoms with Gasteiger partial charge in [-0.25, -0.2) is 0 Å². The van der Waals surface area contributed by atoms with E-state index in [1.165, 1.54) is 0 Å². The molecule has 0 spiro atoms. The summed E-state index contributed by atoms with van der Waals surface area (Å²) in [4.78, 5) is 22.7. The van der Waals surface area contributed by atoms with Gasteiger partial charge in [0.1, 0.15) is 0 Å². The molecule has 0 radical (unpaired) electrons. The number of carboxylic acid groups (broad SMARTS) is 1. The van der Waals surface area contributed by atoms with Gasteiger partial charge in [0.2, 0.25) is 5.91 Å². The Morgan fingerprint density at radius 3 is 1.95 bits per heavy atom. The predicted molar refractivity (Wildman–Crippen MR) is 76.9 cm³/mol. The molecule has 0 bridgehead atoms. The molecule has 0 aliphatic heterocycles. The van der Waals surface area contributed by atoms with Crippen LogP contribution in [0.15, 0.2) is 0 Å². The lowest BCUT2D eigenvalue weighted by Crippen LogP contribution is -2.39. The van der Waals surface area contributed by atoms with Gasteiger partial charge in [-0.1, -0.05) is 41.5 Å². The lowest BCUT2D eigenvalue weighted by atomic mass is 9.86. The molecule has 0 saturated carbocycles. The topological polar surface area (TPSA) is 66.4 Å². The number of rotatable bonds is 6. The van der Waals surface area contributed by atoms with Gasteiger partial charge >= 0.3 is 5.97 Å². The van der Waals surface area contributed by atoms with Crippen molar-refractivity contribution >= 4 is 11.9 Å². The van der Waals surface area contributed by atoms with E-state index >= 15 is 0 Å². The first-order valence-corrected chi connectivity index (χ1v) is 6.90. The molecule has 0 rings (SSSR count). The Labute approximate surface area is 117 Å². The first-order valence-electron chi connectivity index (χ1n) is 6.90. The molecule has 1 amide bonds. The number of carbonyl (C=O) groups excluding carboxylic acids is 1. The number of carboxylic acids is 1. The van der Waals surface area contributed by atoms with Gasteiger partial charge in [-0.3, -0.25) is 9.59 Å². The maximum Gasteiger partial charge on any atom is 0.305 e. The van der Waals surface area contributed by atoms with Crippen LogP contribution >= 0.6 is 0 Å². The lowest BCUT2D eigenvalue weighted by Gasteiger charge is -2.26. The summed E-state index contributed by atoms with van der Waals surface area (Å²) in [7, 11) is 0. The largest absolute Gasteiger partial charge is 0.481 e. The van der Waals surface area contributed by atoms with E-state index in [0.29, 0.717) is 12.8 Å². The molecule has 2 N–H and O–H groups in total. The van der Waals surface area contributed by atoms with Crippen LogP contribution in [-0.2, 0) is 9.59 Å². The van der Waals surface area contributed by atoms with Crippen LogP contribution in [0.25, 0.3) is 0 Å². The molecular formula is C15H29NO3. The SMILES string of the molecule is CC(C)(C)CCC(=O)NC(CC(=O)O)CC(C)(C)C. The zero-order chi connectivity index (χ0) is 15.3. The van der Waals surface area contributed by atoms with Gasteiger partial charge in [0, 0.05) is 12.5 Å². The number of hydrogen-bond donors (Lipinski definition) is 2. The quantitative estimate of drug-likeness (QED) is 0.779. The van der Waals surface area contributed by atoms with Crippen molar-refractivity contribution in [2.45, 2.75) is 73.3 Å². The molecular weight excluding hydrogens is 242 g/mol. The van der Waals surface area contributed by atoms with Gasteiger partial charge in [0.05, 0.1) is 6.42 Å². The molecule has 0 saturated heterocycles. The summed E-state index contributed by atoms with van der Waals surface area (Å²) in [6, 6.07) is -0.287. The van der Waals surface area contributed by atoms with Crippen molar-refractivity contribution in [1.29, 1.82) is 0 Å². The fourth-order valence-corrected chi connectivity index (χ4v) is 1.91. The van der Waals surface area contributed by atoms with Crippen LogP contribution in [0.3, 0.4) is 0 Å². The van der Waals surface area contributed by atoms with Crippen molar-refractivity contribution in [3.63, 3.8) is 0 Å². The molecule has 1 atom stereocenters. The van der Waals surface area contributed by atoms with E-state index in [1.54, 1.807) is 0 Å². The van der Waals surface area contributed by atoms with Crippen LogP contribution in [0.5, 0.6) is 0 Å². The molecule has 0 aromatic carbocycles. The highest BCUT2D eigenvalue weighted by atomic mass is 16.4. The van der Waals surface area contributed by atoms with Crippen molar-refractivity contribution in [2.75, 3.05) is 0 Å². The molecule has 0 aliphatic carbocycles. The van der Waals surface area contributed by atoms with Gasteiger partial charge in [-0.15, -0.1) is 0 Å². The molecule has 0 aromatic heterocycles. The minimum atomic E-state index is -0.870. The summed E-state index contributed by atoms with van der Waals surface area (Å²) < 4.78 is 0. The highest BCUT2D eigenvalue weighted by Gasteiger charge is 2.23. The van der Waals surface area contributed by atoms with Crippen molar-refractivity contribution < 1.29 is 14.7 Å². The summed E-state index contributed by atoms with van der Waals surface area (Å²) >= 11 is 0. The average molecular weight is 271 g/mol. The zero-order valence-corrected chi connectivity index (χ0v) is 13.2. The van der Waals surface area contributed by atoms with E-state index in [2.05, 4.69) is 26.1 Å². The smallest absolute Gasteiger partial charge is 0.305 e. The third-order valence-corrected chi connectivity index (χ3v) is 2.75. The molecule has 0 heterocycles. The molecule has 112 valence electrons. The Bertz CT molecular complexity index is 310. The summed E-state index contributed by atoms with van der Waals surface area (Å²) in [5.74, 6) is -0.921. The molecule has 0 fully saturated rings. The summed E-state index contributed by atoms with van der Waals surface area (Å²) in [5.41, 5.74) is 0.112. The Hall–Kier alpha value is -1.06. The van der Waals surface area contributed by atoms with Crippen LogP contribution < -0.4 is 5.32 Å².